The second kappa shape index (κ2) is 7.19. The number of rotatable bonds is 3. The topological polar surface area (TPSA) is 66.9 Å². The zero-order valence-corrected chi connectivity index (χ0v) is 16.5. The summed E-state index contributed by atoms with van der Waals surface area (Å²) in [5.41, 5.74) is 0.713. The zero-order valence-electron chi connectivity index (χ0n) is 15.7. The van der Waals surface area contributed by atoms with Gasteiger partial charge in [0.1, 0.15) is 10.9 Å². The number of benzene rings is 1. The summed E-state index contributed by atoms with van der Waals surface area (Å²) in [5.74, 6) is 0.419. The van der Waals surface area contributed by atoms with Crippen LogP contribution in [0.4, 0.5) is 4.79 Å². The number of sulfonamides is 1. The summed E-state index contributed by atoms with van der Waals surface area (Å²) in [6.07, 6.45) is 1.24. The summed E-state index contributed by atoms with van der Waals surface area (Å²) in [6, 6.07) is 10.3. The van der Waals surface area contributed by atoms with Gasteiger partial charge in [-0.25, -0.2) is 17.5 Å². The molecule has 6 nitrogen and oxygen atoms in total. The first kappa shape index (κ1) is 19.2. The average molecular weight is 381 g/mol. The zero-order chi connectivity index (χ0) is 18.9. The van der Waals surface area contributed by atoms with Crippen molar-refractivity contribution in [1.29, 1.82) is 0 Å². The number of carbonyl (C=O) groups excluding carboxylic acids is 1. The molecule has 0 radical (unpaired) electrons. The molecule has 26 heavy (non-hydrogen) atoms. The fourth-order valence-electron chi connectivity index (χ4n) is 3.48. The molecule has 1 aromatic carbocycles. The summed E-state index contributed by atoms with van der Waals surface area (Å²) in [6.45, 7) is 6.93. The number of amides is 1. The molecule has 2 saturated heterocycles. The van der Waals surface area contributed by atoms with Crippen LogP contribution in [0.3, 0.4) is 0 Å². The van der Waals surface area contributed by atoms with Crippen molar-refractivity contribution < 1.29 is 17.9 Å². The van der Waals surface area contributed by atoms with E-state index in [0.29, 0.717) is 19.0 Å². The normalized spacial score (nSPS) is 20.7. The van der Waals surface area contributed by atoms with E-state index in [1.54, 1.807) is 25.1 Å². The third kappa shape index (κ3) is 4.20. The lowest BCUT2D eigenvalue weighted by Gasteiger charge is -2.42. The fourth-order valence-corrected chi connectivity index (χ4v) is 5.36. The lowest BCUT2D eigenvalue weighted by Crippen LogP contribution is -2.61. The predicted octanol–water partition coefficient (Wildman–Crippen LogP) is 2.82. The van der Waals surface area contributed by atoms with Crippen LogP contribution < -0.4 is 0 Å². The van der Waals surface area contributed by atoms with Gasteiger partial charge in [0.05, 0.1) is 0 Å². The maximum Gasteiger partial charge on any atom is 0.410 e. The Kier molecular flexibility index (Phi) is 5.30. The lowest BCUT2D eigenvalue weighted by atomic mass is 9.90. The number of hydrogen-bond acceptors (Lipinski definition) is 4. The maximum absolute atomic E-state index is 12.8. The average Bonchev–Trinajstić information content (AvgIpc) is 2.52. The highest BCUT2D eigenvalue weighted by atomic mass is 32.2. The van der Waals surface area contributed by atoms with E-state index in [1.807, 2.05) is 18.2 Å². The molecule has 0 saturated carbocycles. The van der Waals surface area contributed by atoms with Crippen molar-refractivity contribution in [3.8, 4) is 0 Å². The monoisotopic (exact) mass is 380 g/mol. The Hall–Kier alpha value is -1.60. The quantitative estimate of drug-likeness (QED) is 0.809. The van der Waals surface area contributed by atoms with Gasteiger partial charge in [-0.05, 0) is 45.1 Å². The van der Waals surface area contributed by atoms with Gasteiger partial charge in [0.15, 0.2) is 0 Å². The maximum atomic E-state index is 12.8. The molecule has 0 atom stereocenters. The third-order valence-corrected chi connectivity index (χ3v) is 7.23. The van der Waals surface area contributed by atoms with E-state index in [-0.39, 0.29) is 13.1 Å². The molecule has 0 bridgehead atoms. The Bertz CT molecular complexity index is 729. The standard InChI is InChI=1S/C19H28N2O4S/c1-19(2,3)25-18(22)20-13-17(14-20)26(23,24)21-11-9-16(10-12-21)15-7-5-4-6-8-15/h4-8,16-17H,9-14H2,1-3H3. The van der Waals surface area contributed by atoms with Crippen molar-refractivity contribution in [1.82, 2.24) is 9.21 Å². The van der Waals surface area contributed by atoms with Crippen LogP contribution in [0.5, 0.6) is 0 Å². The second-order valence-electron chi connectivity index (χ2n) is 8.14. The molecule has 0 unspecified atom stereocenters. The molecule has 1 aromatic rings. The van der Waals surface area contributed by atoms with Crippen molar-refractivity contribution in [2.75, 3.05) is 26.2 Å². The number of likely N-dealkylation sites (tertiary alicyclic amines) is 1. The molecule has 3 rings (SSSR count). The minimum absolute atomic E-state index is 0.218. The minimum atomic E-state index is -3.36. The van der Waals surface area contributed by atoms with Crippen molar-refractivity contribution in [2.45, 2.75) is 50.4 Å². The van der Waals surface area contributed by atoms with E-state index < -0.39 is 27.0 Å². The van der Waals surface area contributed by atoms with Gasteiger partial charge in [-0.1, -0.05) is 30.3 Å². The van der Waals surface area contributed by atoms with Gasteiger partial charge in [0.2, 0.25) is 10.0 Å². The summed E-state index contributed by atoms with van der Waals surface area (Å²) < 4.78 is 32.5. The molecule has 0 N–H and O–H groups in total. The SMILES string of the molecule is CC(C)(C)OC(=O)N1CC(S(=O)(=O)N2CCC(c3ccccc3)CC2)C1. The van der Waals surface area contributed by atoms with Gasteiger partial charge in [-0.15, -0.1) is 0 Å². The van der Waals surface area contributed by atoms with E-state index in [0.717, 1.165) is 12.8 Å². The van der Waals surface area contributed by atoms with Crippen molar-refractivity contribution in [3.05, 3.63) is 35.9 Å². The molecule has 144 valence electrons. The van der Waals surface area contributed by atoms with Crippen LogP contribution in [0.25, 0.3) is 0 Å². The second-order valence-corrected chi connectivity index (χ2v) is 10.3. The highest BCUT2D eigenvalue weighted by molar-refractivity contribution is 7.89. The fraction of sp³-hybridized carbons (Fsp3) is 0.632. The number of nitrogens with zero attached hydrogens (tertiary/aromatic N) is 2. The molecular weight excluding hydrogens is 352 g/mol. The van der Waals surface area contributed by atoms with Crippen LogP contribution in [0.1, 0.15) is 45.1 Å². The number of hydrogen-bond donors (Lipinski definition) is 0. The number of carbonyl (C=O) groups is 1. The van der Waals surface area contributed by atoms with E-state index in [1.165, 1.54) is 10.5 Å². The van der Waals surface area contributed by atoms with Crippen molar-refractivity contribution in [2.24, 2.45) is 0 Å². The van der Waals surface area contributed by atoms with Crippen LogP contribution >= 0.6 is 0 Å². The Morgan fingerprint density at radius 2 is 1.65 bits per heavy atom. The number of ether oxygens (including phenoxy) is 1. The summed E-state index contributed by atoms with van der Waals surface area (Å²) in [5, 5.41) is -0.511. The Morgan fingerprint density at radius 3 is 2.19 bits per heavy atom. The van der Waals surface area contributed by atoms with Crippen molar-refractivity contribution in [3.63, 3.8) is 0 Å². The smallest absolute Gasteiger partial charge is 0.410 e. The first-order chi connectivity index (χ1) is 12.2. The van der Waals surface area contributed by atoms with Gasteiger partial charge in [-0.3, -0.25) is 0 Å². The highest BCUT2D eigenvalue weighted by Crippen LogP contribution is 2.31. The molecule has 2 heterocycles. The molecule has 1 amide bonds. The van der Waals surface area contributed by atoms with Gasteiger partial charge >= 0.3 is 6.09 Å². The largest absolute Gasteiger partial charge is 0.444 e. The van der Waals surface area contributed by atoms with Gasteiger partial charge in [0.25, 0.3) is 0 Å². The first-order valence-corrected chi connectivity index (χ1v) is 10.7. The Labute approximate surface area is 156 Å². The Morgan fingerprint density at radius 1 is 1.08 bits per heavy atom. The molecule has 0 aliphatic carbocycles. The third-order valence-electron chi connectivity index (χ3n) is 5.01. The van der Waals surface area contributed by atoms with Crippen LogP contribution in [0.15, 0.2) is 30.3 Å². The van der Waals surface area contributed by atoms with Crippen LogP contribution in [-0.2, 0) is 14.8 Å². The van der Waals surface area contributed by atoms with Gasteiger partial charge in [-0.2, -0.15) is 0 Å². The van der Waals surface area contributed by atoms with E-state index in [2.05, 4.69) is 12.1 Å². The Balaban J connectivity index is 1.52. The first-order valence-electron chi connectivity index (χ1n) is 9.18. The number of piperidine rings is 1. The van der Waals surface area contributed by atoms with E-state index >= 15 is 0 Å². The molecule has 2 aliphatic heterocycles. The van der Waals surface area contributed by atoms with E-state index in [4.69, 9.17) is 4.74 Å². The molecule has 2 fully saturated rings. The molecule has 7 heteroatoms. The molecule has 0 aromatic heterocycles. The van der Waals surface area contributed by atoms with Crippen LogP contribution in [0.2, 0.25) is 0 Å². The van der Waals surface area contributed by atoms with Crippen LogP contribution in [0, 0.1) is 0 Å². The lowest BCUT2D eigenvalue weighted by molar-refractivity contribution is 0.0135. The van der Waals surface area contributed by atoms with Crippen LogP contribution in [-0.4, -0.2) is 60.7 Å². The highest BCUT2D eigenvalue weighted by Gasteiger charge is 2.44. The minimum Gasteiger partial charge on any atom is -0.444 e. The summed E-state index contributed by atoms with van der Waals surface area (Å²) >= 11 is 0. The van der Waals surface area contributed by atoms with Gasteiger partial charge in [0, 0.05) is 26.2 Å². The molecule has 2 aliphatic rings. The van der Waals surface area contributed by atoms with Crippen molar-refractivity contribution >= 4 is 16.1 Å². The molecular formula is C19H28N2O4S. The van der Waals surface area contributed by atoms with E-state index in [9.17, 15) is 13.2 Å². The molecule has 0 spiro atoms. The predicted molar refractivity (Wildman–Crippen MR) is 101 cm³/mol. The van der Waals surface area contributed by atoms with Gasteiger partial charge < -0.3 is 9.64 Å². The summed E-state index contributed by atoms with van der Waals surface area (Å²) in [7, 11) is -3.36. The summed E-state index contributed by atoms with van der Waals surface area (Å²) in [4.78, 5) is 13.4.